The van der Waals surface area contributed by atoms with E-state index >= 15 is 0 Å². The Labute approximate surface area is 201 Å². The molecule has 10 heteroatoms. The predicted molar refractivity (Wildman–Crippen MR) is 133 cm³/mol. The van der Waals surface area contributed by atoms with Crippen LogP contribution in [0.25, 0.3) is 0 Å². The second kappa shape index (κ2) is 12.3. The summed E-state index contributed by atoms with van der Waals surface area (Å²) < 4.78 is 38.0. The summed E-state index contributed by atoms with van der Waals surface area (Å²) in [5, 5.41) is 2.94. The predicted octanol–water partition coefficient (Wildman–Crippen LogP) is 2.61. The first-order chi connectivity index (χ1) is 14.5. The van der Waals surface area contributed by atoms with Crippen LogP contribution in [0.15, 0.2) is 52.1 Å². The highest BCUT2D eigenvalue weighted by Gasteiger charge is 2.34. The van der Waals surface area contributed by atoms with Crippen LogP contribution in [-0.4, -0.2) is 57.8 Å². The van der Waals surface area contributed by atoms with E-state index in [4.69, 9.17) is 14.1 Å². The molecule has 0 aliphatic carbocycles. The molecule has 0 saturated carbocycles. The van der Waals surface area contributed by atoms with Gasteiger partial charge < -0.3 is 19.4 Å². The van der Waals surface area contributed by atoms with Gasteiger partial charge in [-0.15, -0.1) is 24.0 Å². The molecule has 2 aromatic rings. The molecule has 1 aliphatic heterocycles. The van der Waals surface area contributed by atoms with Crippen LogP contribution in [0.2, 0.25) is 0 Å². The number of nitrogens with zero attached hydrogens (tertiary/aromatic N) is 2. The Morgan fingerprint density at radius 3 is 2.71 bits per heavy atom. The quantitative estimate of drug-likeness (QED) is 0.277. The maximum absolute atomic E-state index is 12.4. The number of ether oxygens (including phenoxy) is 1. The van der Waals surface area contributed by atoms with E-state index in [-0.39, 0.29) is 24.0 Å². The number of rotatable bonds is 9. The number of hydrogen-bond acceptors (Lipinski definition) is 5. The summed E-state index contributed by atoms with van der Waals surface area (Å²) in [4.78, 5) is 6.78. The maximum Gasteiger partial charge on any atom is 0.216 e. The third-order valence-corrected chi connectivity index (χ3v) is 6.99. The Kier molecular flexibility index (Phi) is 10.1. The van der Waals surface area contributed by atoms with E-state index in [1.54, 1.807) is 20.3 Å². The van der Waals surface area contributed by atoms with E-state index in [0.717, 1.165) is 23.5 Å². The Bertz CT molecular complexity index is 917. The second-order valence-corrected chi connectivity index (χ2v) is 9.19. The summed E-state index contributed by atoms with van der Waals surface area (Å²) in [7, 11) is -1.67. The van der Waals surface area contributed by atoms with Crippen LogP contribution in [0.1, 0.15) is 24.7 Å². The SMILES string of the molecule is CCNS(=O)(=O)C1CCN(C(=NCc2ccc(OC)cc2)NCCc2ccco2)C1.I. The molecular weight excluding hydrogens is 531 g/mol. The summed E-state index contributed by atoms with van der Waals surface area (Å²) in [6.07, 6.45) is 2.96. The molecule has 1 aromatic heterocycles. The second-order valence-electron chi connectivity index (χ2n) is 7.14. The Balaban J connectivity index is 0.00000341. The summed E-state index contributed by atoms with van der Waals surface area (Å²) in [5.41, 5.74) is 1.05. The molecule has 31 heavy (non-hydrogen) atoms. The lowest BCUT2D eigenvalue weighted by Crippen LogP contribution is -2.43. The minimum atomic E-state index is -3.31. The van der Waals surface area contributed by atoms with E-state index in [1.807, 2.05) is 41.3 Å². The van der Waals surface area contributed by atoms with Crippen molar-refractivity contribution in [1.82, 2.24) is 14.9 Å². The number of furan rings is 1. The number of methoxy groups -OCH3 is 1. The van der Waals surface area contributed by atoms with Crippen LogP contribution < -0.4 is 14.8 Å². The van der Waals surface area contributed by atoms with E-state index in [0.29, 0.717) is 45.1 Å². The number of aliphatic imine (C=N–C) groups is 1. The fourth-order valence-electron chi connectivity index (χ4n) is 3.41. The zero-order chi connectivity index (χ0) is 21.4. The average molecular weight is 562 g/mol. The first-order valence-electron chi connectivity index (χ1n) is 10.2. The molecular formula is C21H31IN4O4S. The normalized spacial score (nSPS) is 16.8. The van der Waals surface area contributed by atoms with Gasteiger partial charge in [0, 0.05) is 32.6 Å². The van der Waals surface area contributed by atoms with Gasteiger partial charge in [0.15, 0.2) is 5.96 Å². The molecule has 2 heterocycles. The summed E-state index contributed by atoms with van der Waals surface area (Å²) in [5.74, 6) is 2.41. The van der Waals surface area contributed by atoms with Crippen molar-refractivity contribution in [3.8, 4) is 5.75 Å². The van der Waals surface area contributed by atoms with Crippen LogP contribution >= 0.6 is 24.0 Å². The minimum absolute atomic E-state index is 0. The Morgan fingerprint density at radius 1 is 1.29 bits per heavy atom. The molecule has 0 radical (unpaired) electrons. The number of halogens is 1. The summed E-state index contributed by atoms with van der Waals surface area (Å²) in [6, 6.07) is 11.6. The zero-order valence-corrected chi connectivity index (χ0v) is 21.1. The van der Waals surface area contributed by atoms with Gasteiger partial charge in [0.2, 0.25) is 10.0 Å². The van der Waals surface area contributed by atoms with E-state index in [2.05, 4.69) is 10.0 Å². The topological polar surface area (TPSA) is 96.2 Å². The first kappa shape index (κ1) is 25.5. The number of nitrogens with one attached hydrogen (secondary N) is 2. The largest absolute Gasteiger partial charge is 0.497 e. The first-order valence-corrected chi connectivity index (χ1v) is 11.7. The lowest BCUT2D eigenvalue weighted by molar-refractivity contribution is 0.414. The molecule has 1 saturated heterocycles. The molecule has 3 rings (SSSR count). The molecule has 0 bridgehead atoms. The van der Waals surface area contributed by atoms with E-state index in [1.165, 1.54) is 0 Å². The number of sulfonamides is 1. The van der Waals surface area contributed by atoms with E-state index < -0.39 is 15.3 Å². The molecule has 2 N–H and O–H groups in total. The highest BCUT2D eigenvalue weighted by molar-refractivity contribution is 14.0. The minimum Gasteiger partial charge on any atom is -0.497 e. The van der Waals surface area contributed by atoms with Gasteiger partial charge in [0.1, 0.15) is 11.5 Å². The van der Waals surface area contributed by atoms with Crippen molar-refractivity contribution in [3.05, 3.63) is 54.0 Å². The summed E-state index contributed by atoms with van der Waals surface area (Å²) >= 11 is 0. The van der Waals surface area contributed by atoms with Gasteiger partial charge in [-0.05, 0) is 36.2 Å². The molecule has 172 valence electrons. The van der Waals surface area contributed by atoms with Crippen molar-refractivity contribution >= 4 is 40.0 Å². The highest BCUT2D eigenvalue weighted by atomic mass is 127. The van der Waals surface area contributed by atoms with Crippen LogP contribution in [-0.2, 0) is 23.0 Å². The van der Waals surface area contributed by atoms with Crippen LogP contribution in [0, 0.1) is 0 Å². The third kappa shape index (κ3) is 7.39. The van der Waals surface area contributed by atoms with Gasteiger partial charge in [0.05, 0.1) is 25.2 Å². The van der Waals surface area contributed by atoms with Crippen molar-refractivity contribution in [3.63, 3.8) is 0 Å². The molecule has 8 nitrogen and oxygen atoms in total. The maximum atomic E-state index is 12.4. The number of hydrogen-bond donors (Lipinski definition) is 2. The van der Waals surface area contributed by atoms with Crippen molar-refractivity contribution < 1.29 is 17.6 Å². The Morgan fingerprint density at radius 2 is 2.06 bits per heavy atom. The number of guanidine groups is 1. The lowest BCUT2D eigenvalue weighted by atomic mass is 10.2. The standard InChI is InChI=1S/C21H30N4O4S.HI/c1-3-24-30(26,27)20-11-13-25(16-20)21(22-12-10-19-5-4-14-29-19)23-15-17-6-8-18(28-2)9-7-17;/h4-9,14,20,24H,3,10-13,15-16H2,1-2H3,(H,22,23);1H. The third-order valence-electron chi connectivity index (χ3n) is 5.03. The average Bonchev–Trinajstić information content (AvgIpc) is 3.43. The monoisotopic (exact) mass is 562 g/mol. The van der Waals surface area contributed by atoms with Gasteiger partial charge in [-0.2, -0.15) is 0 Å². The smallest absolute Gasteiger partial charge is 0.216 e. The Hall–Kier alpha value is -1.79. The van der Waals surface area contributed by atoms with Crippen LogP contribution in [0.5, 0.6) is 5.75 Å². The van der Waals surface area contributed by atoms with Gasteiger partial charge in [-0.3, -0.25) is 0 Å². The van der Waals surface area contributed by atoms with Crippen molar-refractivity contribution in [2.45, 2.75) is 31.6 Å². The molecule has 1 aliphatic rings. The van der Waals surface area contributed by atoms with Crippen molar-refractivity contribution in [2.75, 3.05) is 33.3 Å². The molecule has 0 spiro atoms. The lowest BCUT2D eigenvalue weighted by Gasteiger charge is -2.22. The van der Waals surface area contributed by atoms with Crippen molar-refractivity contribution in [2.24, 2.45) is 4.99 Å². The van der Waals surface area contributed by atoms with E-state index in [9.17, 15) is 8.42 Å². The fourth-order valence-corrected chi connectivity index (χ4v) is 4.84. The highest BCUT2D eigenvalue weighted by Crippen LogP contribution is 2.17. The van der Waals surface area contributed by atoms with Crippen molar-refractivity contribution in [1.29, 1.82) is 0 Å². The zero-order valence-electron chi connectivity index (χ0n) is 17.9. The molecule has 1 aromatic carbocycles. The summed E-state index contributed by atoms with van der Waals surface area (Å²) in [6.45, 7) is 4.40. The van der Waals surface area contributed by atoms with Gasteiger partial charge >= 0.3 is 0 Å². The number of likely N-dealkylation sites (tertiary alicyclic amines) is 1. The van der Waals surface area contributed by atoms with Gasteiger partial charge in [-0.25, -0.2) is 18.1 Å². The molecule has 0 amide bonds. The molecule has 1 fully saturated rings. The van der Waals surface area contributed by atoms with Crippen LogP contribution in [0.3, 0.4) is 0 Å². The fraction of sp³-hybridized carbons (Fsp3) is 0.476. The van der Waals surface area contributed by atoms with Gasteiger partial charge in [-0.1, -0.05) is 19.1 Å². The van der Waals surface area contributed by atoms with Gasteiger partial charge in [0.25, 0.3) is 0 Å². The molecule has 1 atom stereocenters. The molecule has 1 unspecified atom stereocenters. The van der Waals surface area contributed by atoms with Crippen LogP contribution in [0.4, 0.5) is 0 Å². The number of benzene rings is 1.